The number of thiol groups is 1. The molecule has 0 spiro atoms. The number of halogens is 1. The number of carboxylic acid groups (broad SMARTS) is 1. The molecule has 0 aromatic heterocycles. The van der Waals surface area contributed by atoms with Crippen LogP contribution in [0.1, 0.15) is 40.2 Å². The lowest BCUT2D eigenvalue weighted by Crippen LogP contribution is -2.22. The van der Waals surface area contributed by atoms with Crippen molar-refractivity contribution in [2.45, 2.75) is 25.2 Å². The molecule has 2 aliphatic heterocycles. The fraction of sp³-hybridized carbons (Fsp3) is 0.409. The van der Waals surface area contributed by atoms with Crippen LogP contribution in [-0.2, 0) is 17.3 Å². The van der Waals surface area contributed by atoms with Crippen LogP contribution in [0.15, 0.2) is 30.3 Å². The maximum Gasteiger partial charge on any atom is 0.341 e. The molecular weight excluding hydrogens is 423 g/mol. The molecule has 5 rings (SSSR count). The van der Waals surface area contributed by atoms with Gasteiger partial charge in [0, 0.05) is 5.92 Å². The number of anilines is 2. The van der Waals surface area contributed by atoms with E-state index < -0.39 is 22.7 Å². The van der Waals surface area contributed by atoms with Gasteiger partial charge in [0.15, 0.2) is 0 Å². The highest BCUT2D eigenvalue weighted by Gasteiger charge is 2.45. The van der Waals surface area contributed by atoms with E-state index in [1.165, 1.54) is 24.3 Å². The molecule has 1 aliphatic carbocycles. The standard InChI is InChI=1S/C22H23FN2O5S/c23-15-1-3-18(13(8-15)7-12-5-6-24-10-12)25(31(28)29)19-4-2-16-17-9-14(17)11-30-21(16)20(19)22(26)27/h1-4,8,12,14,17,24,31H,5-7,9-11H2,(H,26,27)/t12-,14-,17-/m0/s1. The first-order valence-electron chi connectivity index (χ1n) is 10.4. The lowest BCUT2D eigenvalue weighted by molar-refractivity contribution is 0.0692. The van der Waals surface area contributed by atoms with E-state index in [1.807, 2.05) is 0 Å². The van der Waals surface area contributed by atoms with Gasteiger partial charge in [0.1, 0.15) is 17.1 Å². The van der Waals surface area contributed by atoms with Gasteiger partial charge in [0.05, 0.1) is 18.0 Å². The van der Waals surface area contributed by atoms with Gasteiger partial charge in [-0.25, -0.2) is 21.9 Å². The molecule has 2 N–H and O–H groups in total. The molecule has 7 nitrogen and oxygen atoms in total. The van der Waals surface area contributed by atoms with E-state index in [-0.39, 0.29) is 34.5 Å². The largest absolute Gasteiger partial charge is 0.492 e. The van der Waals surface area contributed by atoms with Crippen LogP contribution in [0.2, 0.25) is 0 Å². The van der Waals surface area contributed by atoms with Gasteiger partial charge in [-0.1, -0.05) is 6.07 Å². The Morgan fingerprint density at radius 3 is 2.77 bits per heavy atom. The van der Waals surface area contributed by atoms with Crippen LogP contribution in [0, 0.1) is 17.7 Å². The highest BCUT2D eigenvalue weighted by molar-refractivity contribution is 7.74. The Labute approximate surface area is 180 Å². The van der Waals surface area contributed by atoms with Crippen LogP contribution >= 0.6 is 0 Å². The normalized spacial score (nSPS) is 23.7. The second kappa shape index (κ2) is 7.80. The molecule has 2 heterocycles. The second-order valence-corrected chi connectivity index (χ2v) is 9.36. The van der Waals surface area contributed by atoms with Crippen LogP contribution in [0.3, 0.4) is 0 Å². The molecule has 1 saturated carbocycles. The van der Waals surface area contributed by atoms with Gasteiger partial charge in [-0.15, -0.1) is 0 Å². The number of hydrogen-bond donors (Lipinski definition) is 3. The first kappa shape index (κ1) is 20.3. The smallest absolute Gasteiger partial charge is 0.341 e. The summed E-state index contributed by atoms with van der Waals surface area (Å²) in [5.74, 6) is -0.550. The Morgan fingerprint density at radius 1 is 1.26 bits per heavy atom. The average Bonchev–Trinajstić information content (AvgIpc) is 3.36. The zero-order valence-corrected chi connectivity index (χ0v) is 17.6. The third-order valence-corrected chi connectivity index (χ3v) is 7.23. The minimum absolute atomic E-state index is 0.0128. The van der Waals surface area contributed by atoms with Crippen molar-refractivity contribution in [2.24, 2.45) is 11.8 Å². The molecule has 3 atom stereocenters. The minimum Gasteiger partial charge on any atom is -0.492 e. The lowest BCUT2D eigenvalue weighted by Gasteiger charge is -2.26. The van der Waals surface area contributed by atoms with E-state index in [0.717, 1.165) is 35.8 Å². The summed E-state index contributed by atoms with van der Waals surface area (Å²) in [6.07, 6.45) is 2.35. The number of carbonyl (C=O) groups is 1. The summed E-state index contributed by atoms with van der Waals surface area (Å²) >= 11 is 0. The summed E-state index contributed by atoms with van der Waals surface area (Å²) in [5, 5.41) is 13.2. The maximum absolute atomic E-state index is 14.1. The van der Waals surface area contributed by atoms with Crippen LogP contribution in [0.4, 0.5) is 15.8 Å². The molecule has 2 aromatic rings. The predicted molar refractivity (Wildman–Crippen MR) is 113 cm³/mol. The number of fused-ring (bicyclic) bond motifs is 3. The molecule has 0 unspecified atom stereocenters. The number of nitrogens with one attached hydrogen (secondary N) is 1. The molecule has 2 fully saturated rings. The fourth-order valence-corrected chi connectivity index (χ4v) is 5.57. The highest BCUT2D eigenvalue weighted by atomic mass is 32.2. The van der Waals surface area contributed by atoms with Crippen LogP contribution < -0.4 is 14.4 Å². The number of benzene rings is 2. The van der Waals surface area contributed by atoms with Crippen molar-refractivity contribution in [2.75, 3.05) is 24.0 Å². The van der Waals surface area contributed by atoms with Crippen molar-refractivity contribution in [3.63, 3.8) is 0 Å². The summed E-state index contributed by atoms with van der Waals surface area (Å²) in [6, 6.07) is 7.23. The SMILES string of the molecule is O=C(O)c1c(N(c2ccc(F)cc2C[C@@H]2CCNC2)[SH](=O)=O)ccc2c1OC[C@@H]1C[C@H]21. The summed E-state index contributed by atoms with van der Waals surface area (Å²) in [7, 11) is -3.24. The summed E-state index contributed by atoms with van der Waals surface area (Å²) in [4.78, 5) is 12.2. The van der Waals surface area contributed by atoms with Gasteiger partial charge < -0.3 is 15.2 Å². The zero-order valence-electron chi connectivity index (χ0n) is 16.7. The van der Waals surface area contributed by atoms with E-state index in [0.29, 0.717) is 24.5 Å². The number of hydrogen-bond acceptors (Lipinski definition) is 5. The highest BCUT2D eigenvalue weighted by Crippen LogP contribution is 2.56. The van der Waals surface area contributed by atoms with Crippen molar-refractivity contribution >= 4 is 28.2 Å². The first-order valence-corrected chi connectivity index (χ1v) is 11.5. The Hall–Kier alpha value is -2.65. The lowest BCUT2D eigenvalue weighted by atomic mass is 9.96. The predicted octanol–water partition coefficient (Wildman–Crippen LogP) is 2.84. The Kier molecular flexibility index (Phi) is 5.10. The van der Waals surface area contributed by atoms with Crippen molar-refractivity contribution in [3.8, 4) is 5.75 Å². The molecule has 31 heavy (non-hydrogen) atoms. The van der Waals surface area contributed by atoms with E-state index in [9.17, 15) is 22.7 Å². The van der Waals surface area contributed by atoms with Crippen LogP contribution in [0.25, 0.3) is 0 Å². The van der Waals surface area contributed by atoms with Gasteiger partial charge in [0.2, 0.25) is 10.9 Å². The minimum atomic E-state index is -3.24. The molecular formula is C22H23FN2O5S. The number of carboxylic acids is 1. The van der Waals surface area contributed by atoms with Crippen molar-refractivity contribution in [1.29, 1.82) is 0 Å². The maximum atomic E-state index is 14.1. The van der Waals surface area contributed by atoms with Gasteiger partial charge in [-0.2, -0.15) is 0 Å². The molecule has 164 valence electrons. The average molecular weight is 447 g/mol. The molecule has 0 bridgehead atoms. The zero-order chi connectivity index (χ0) is 21.7. The summed E-state index contributed by atoms with van der Waals surface area (Å²) < 4.78 is 45.6. The number of rotatable bonds is 6. The fourth-order valence-electron chi connectivity index (χ4n) is 4.85. The van der Waals surface area contributed by atoms with E-state index in [4.69, 9.17) is 4.74 Å². The van der Waals surface area contributed by atoms with Crippen molar-refractivity contribution in [1.82, 2.24) is 5.32 Å². The molecule has 3 aliphatic rings. The summed E-state index contributed by atoms with van der Waals surface area (Å²) in [5.41, 5.74) is 1.46. The number of ether oxygens (including phenoxy) is 1. The van der Waals surface area contributed by atoms with Gasteiger partial charge in [-0.3, -0.25) is 0 Å². The molecule has 2 aromatic carbocycles. The molecule has 0 amide bonds. The third-order valence-electron chi connectivity index (χ3n) is 6.48. The van der Waals surface area contributed by atoms with Gasteiger partial charge in [0.25, 0.3) is 0 Å². The quantitative estimate of drug-likeness (QED) is 0.591. The Balaban J connectivity index is 1.64. The monoisotopic (exact) mass is 446 g/mol. The van der Waals surface area contributed by atoms with Crippen LogP contribution in [0.5, 0.6) is 5.75 Å². The topological polar surface area (TPSA) is 95.9 Å². The van der Waals surface area contributed by atoms with Crippen molar-refractivity contribution in [3.05, 3.63) is 52.8 Å². The van der Waals surface area contributed by atoms with Crippen molar-refractivity contribution < 1.29 is 27.4 Å². The number of nitrogens with zero attached hydrogens (tertiary/aromatic N) is 1. The first-order chi connectivity index (χ1) is 14.9. The second-order valence-electron chi connectivity index (χ2n) is 8.48. The van der Waals surface area contributed by atoms with Crippen LogP contribution in [-0.4, -0.2) is 39.2 Å². The number of aromatic carboxylic acids is 1. The van der Waals surface area contributed by atoms with Gasteiger partial charge >= 0.3 is 5.97 Å². The molecule has 9 heteroatoms. The Morgan fingerprint density at radius 2 is 2.06 bits per heavy atom. The third kappa shape index (κ3) is 3.65. The molecule has 1 saturated heterocycles. The van der Waals surface area contributed by atoms with E-state index in [2.05, 4.69) is 5.32 Å². The Bertz CT molecular complexity index is 1120. The van der Waals surface area contributed by atoms with E-state index >= 15 is 0 Å². The molecule has 0 radical (unpaired) electrons. The summed E-state index contributed by atoms with van der Waals surface area (Å²) in [6.45, 7) is 2.07. The van der Waals surface area contributed by atoms with Gasteiger partial charge in [-0.05, 0) is 79.6 Å². The van der Waals surface area contributed by atoms with E-state index in [1.54, 1.807) is 6.07 Å².